The Bertz CT molecular complexity index is 142. The number of nitrogens with two attached hydrogens (primary N) is 1. The molecule has 0 heterocycles. The van der Waals surface area contributed by atoms with E-state index in [1.54, 1.807) is 0 Å². The zero-order valence-electron chi connectivity index (χ0n) is 6.09. The van der Waals surface area contributed by atoms with Crippen molar-refractivity contribution in [1.29, 1.82) is 0 Å². The van der Waals surface area contributed by atoms with Crippen LogP contribution in [0.25, 0.3) is 0 Å². The van der Waals surface area contributed by atoms with Crippen LogP contribution in [0.4, 0.5) is 0 Å². The van der Waals surface area contributed by atoms with Crippen molar-refractivity contribution in [3.8, 4) is 0 Å². The van der Waals surface area contributed by atoms with E-state index < -0.39 is 11.6 Å². The average Bonchev–Trinajstić information content (AvgIpc) is 1.87. The highest BCUT2D eigenvalue weighted by Crippen LogP contribution is 2.03. The zero-order chi connectivity index (χ0) is 8.20. The maximum Gasteiger partial charge on any atom is 0.320 e. The maximum absolute atomic E-state index is 10.5. The quantitative estimate of drug-likeness (QED) is 0.428. The topological polar surface area (TPSA) is 69.4 Å². The molecule has 0 aliphatic carbocycles. The first-order chi connectivity index (χ1) is 4.52. The van der Waals surface area contributed by atoms with Crippen LogP contribution >= 0.6 is 0 Å². The van der Waals surface area contributed by atoms with Gasteiger partial charge in [0, 0.05) is 0 Å². The number of carbonyl (C=O) groups is 2. The molecule has 0 radical (unpaired) electrons. The van der Waals surface area contributed by atoms with Crippen molar-refractivity contribution in [1.82, 2.24) is 0 Å². The number of hydrogen-bond donors (Lipinski definition) is 1. The van der Waals surface area contributed by atoms with E-state index in [4.69, 9.17) is 5.73 Å². The van der Waals surface area contributed by atoms with Crippen LogP contribution in [-0.4, -0.2) is 24.4 Å². The summed E-state index contributed by atoms with van der Waals surface area (Å²) in [6.07, 6.45) is 0.556. The van der Waals surface area contributed by atoms with Crippen molar-refractivity contribution in [2.24, 2.45) is 5.73 Å². The van der Waals surface area contributed by atoms with E-state index >= 15 is 0 Å². The van der Waals surface area contributed by atoms with Gasteiger partial charge in [-0.15, -0.1) is 0 Å². The van der Waals surface area contributed by atoms with Gasteiger partial charge in [0.2, 0.25) is 0 Å². The van der Waals surface area contributed by atoms with E-state index in [-0.39, 0.29) is 6.54 Å². The summed E-state index contributed by atoms with van der Waals surface area (Å²) in [5, 5.41) is 0. The lowest BCUT2D eigenvalue weighted by Crippen LogP contribution is -2.32. The molecular weight excluding hydrogens is 134 g/mol. The molecule has 10 heavy (non-hydrogen) atoms. The molecule has 0 aromatic carbocycles. The molecule has 0 fully saturated rings. The number of rotatable bonds is 3. The Kier molecular flexibility index (Phi) is 3.02. The molecule has 0 aromatic heterocycles. The van der Waals surface area contributed by atoms with Crippen LogP contribution in [0.3, 0.4) is 0 Å². The fourth-order valence-corrected chi connectivity index (χ4v) is 0.359. The second kappa shape index (κ2) is 3.31. The first-order valence-corrected chi connectivity index (χ1v) is 2.90. The van der Waals surface area contributed by atoms with Gasteiger partial charge in [-0.3, -0.25) is 9.59 Å². The molecule has 0 aliphatic heterocycles. The van der Waals surface area contributed by atoms with Gasteiger partial charge < -0.3 is 10.5 Å². The summed E-state index contributed by atoms with van der Waals surface area (Å²) in [7, 11) is 0. The van der Waals surface area contributed by atoms with Crippen molar-refractivity contribution in [3.63, 3.8) is 0 Å². The minimum Gasteiger partial charge on any atom is -0.451 e. The predicted octanol–water partition coefficient (Wildman–Crippen LogP) is -0.534. The van der Waals surface area contributed by atoms with E-state index in [0.717, 1.165) is 0 Å². The number of hydrogen-bond acceptors (Lipinski definition) is 4. The monoisotopic (exact) mass is 145 g/mol. The second-order valence-corrected chi connectivity index (χ2v) is 2.40. The molecule has 4 nitrogen and oxygen atoms in total. The lowest BCUT2D eigenvalue weighted by atomic mass is 10.2. The van der Waals surface area contributed by atoms with E-state index in [1.807, 2.05) is 0 Å². The summed E-state index contributed by atoms with van der Waals surface area (Å²) in [6, 6.07) is 0. The molecule has 0 bridgehead atoms. The van der Waals surface area contributed by atoms with Gasteiger partial charge in [0.05, 0.1) is 6.54 Å². The van der Waals surface area contributed by atoms with Gasteiger partial charge in [0.25, 0.3) is 0 Å². The van der Waals surface area contributed by atoms with Crippen molar-refractivity contribution in [2.75, 3.05) is 6.54 Å². The van der Waals surface area contributed by atoms with Crippen molar-refractivity contribution >= 4 is 12.3 Å². The Morgan fingerprint density at radius 3 is 2.50 bits per heavy atom. The van der Waals surface area contributed by atoms with Gasteiger partial charge >= 0.3 is 5.97 Å². The Morgan fingerprint density at radius 2 is 2.20 bits per heavy atom. The normalized spacial score (nSPS) is 10.7. The van der Waals surface area contributed by atoms with E-state index in [9.17, 15) is 9.59 Å². The van der Waals surface area contributed by atoms with E-state index in [0.29, 0.717) is 6.29 Å². The molecule has 0 aliphatic rings. The Morgan fingerprint density at radius 1 is 1.70 bits per heavy atom. The molecular formula is C6H11NO3. The largest absolute Gasteiger partial charge is 0.451 e. The molecule has 4 heteroatoms. The number of aldehydes is 1. The fraction of sp³-hybridized carbons (Fsp3) is 0.667. The highest BCUT2D eigenvalue weighted by atomic mass is 16.6. The molecule has 0 atom stereocenters. The number of carbonyl (C=O) groups excluding carboxylic acids is 2. The molecule has 0 saturated heterocycles. The summed E-state index contributed by atoms with van der Waals surface area (Å²) >= 11 is 0. The summed E-state index contributed by atoms with van der Waals surface area (Å²) in [4.78, 5) is 20.6. The molecule has 2 N–H and O–H groups in total. The van der Waals surface area contributed by atoms with Crippen molar-refractivity contribution in [3.05, 3.63) is 0 Å². The zero-order valence-corrected chi connectivity index (χ0v) is 6.09. The highest BCUT2D eigenvalue weighted by Gasteiger charge is 2.20. The third-order valence-corrected chi connectivity index (χ3v) is 0.827. The summed E-state index contributed by atoms with van der Waals surface area (Å²) in [5.74, 6) is -0.572. The first-order valence-electron chi connectivity index (χ1n) is 2.90. The minimum atomic E-state index is -1.05. The predicted molar refractivity (Wildman–Crippen MR) is 35.3 cm³/mol. The molecule has 0 aromatic rings. The average molecular weight is 145 g/mol. The Hall–Kier alpha value is -0.900. The lowest BCUT2D eigenvalue weighted by molar-refractivity contribution is -0.157. The first kappa shape index (κ1) is 9.10. The molecule has 58 valence electrons. The SMILES string of the molecule is CC(C)(C=O)OC(=O)CN. The van der Waals surface area contributed by atoms with Crippen LogP contribution in [0.5, 0.6) is 0 Å². The van der Waals surface area contributed by atoms with Gasteiger partial charge in [-0.2, -0.15) is 0 Å². The maximum atomic E-state index is 10.5. The van der Waals surface area contributed by atoms with Gasteiger partial charge in [0.15, 0.2) is 11.9 Å². The Labute approximate surface area is 59.3 Å². The van der Waals surface area contributed by atoms with Crippen LogP contribution < -0.4 is 5.73 Å². The number of ether oxygens (including phenoxy) is 1. The van der Waals surface area contributed by atoms with Gasteiger partial charge in [-0.25, -0.2) is 0 Å². The van der Waals surface area contributed by atoms with Crippen LogP contribution in [-0.2, 0) is 14.3 Å². The van der Waals surface area contributed by atoms with Crippen molar-refractivity contribution in [2.45, 2.75) is 19.4 Å². The third-order valence-electron chi connectivity index (χ3n) is 0.827. The molecule has 0 rings (SSSR count). The molecule has 0 saturated carbocycles. The Balaban J connectivity index is 3.88. The highest BCUT2D eigenvalue weighted by molar-refractivity contribution is 5.75. The van der Waals surface area contributed by atoms with Crippen LogP contribution in [0.2, 0.25) is 0 Å². The van der Waals surface area contributed by atoms with Crippen LogP contribution in [0.1, 0.15) is 13.8 Å². The standard InChI is InChI=1S/C6H11NO3/c1-6(2,4-8)10-5(9)3-7/h4H,3,7H2,1-2H3. The second-order valence-electron chi connectivity index (χ2n) is 2.40. The molecule has 0 amide bonds. The summed E-state index contributed by atoms with van der Waals surface area (Å²) in [5.41, 5.74) is 3.90. The van der Waals surface area contributed by atoms with Crippen LogP contribution in [0.15, 0.2) is 0 Å². The lowest BCUT2D eigenvalue weighted by Gasteiger charge is -2.16. The third kappa shape index (κ3) is 3.19. The minimum absolute atomic E-state index is 0.197. The van der Waals surface area contributed by atoms with E-state index in [1.165, 1.54) is 13.8 Å². The van der Waals surface area contributed by atoms with Gasteiger partial charge in [-0.1, -0.05) is 0 Å². The fourth-order valence-electron chi connectivity index (χ4n) is 0.359. The van der Waals surface area contributed by atoms with Gasteiger partial charge in [-0.05, 0) is 13.8 Å². The van der Waals surface area contributed by atoms with E-state index in [2.05, 4.69) is 4.74 Å². The molecule has 0 spiro atoms. The smallest absolute Gasteiger partial charge is 0.320 e. The summed E-state index contributed by atoms with van der Waals surface area (Å²) in [6.45, 7) is 2.79. The molecule has 0 unspecified atom stereocenters. The van der Waals surface area contributed by atoms with Gasteiger partial charge in [0.1, 0.15) is 0 Å². The van der Waals surface area contributed by atoms with Crippen LogP contribution in [0, 0.1) is 0 Å². The number of esters is 1. The van der Waals surface area contributed by atoms with Crippen molar-refractivity contribution < 1.29 is 14.3 Å². The summed E-state index contributed by atoms with van der Waals surface area (Å²) < 4.78 is 4.60.